The number of aryl methyl sites for hydroxylation is 1. The fourth-order valence-corrected chi connectivity index (χ4v) is 10.1. The van der Waals surface area contributed by atoms with Gasteiger partial charge in [0.1, 0.15) is 5.75 Å². The third-order valence-corrected chi connectivity index (χ3v) is 13.2. The molecule has 2 N–H and O–H groups in total. The highest BCUT2D eigenvalue weighted by Gasteiger charge is 2.44. The van der Waals surface area contributed by atoms with Crippen LogP contribution in [0.25, 0.3) is 0 Å². The Labute approximate surface area is 271 Å². The number of anilines is 1. The Kier molecular flexibility index (Phi) is 8.42. The van der Waals surface area contributed by atoms with Crippen molar-refractivity contribution in [2.75, 3.05) is 31.2 Å². The molecule has 8 nitrogen and oxygen atoms in total. The van der Waals surface area contributed by atoms with Gasteiger partial charge >= 0.3 is 0 Å². The molecule has 2 aromatic carbocycles. The number of nitrogens with one attached hydrogen (secondary N) is 1. The number of rotatable bonds is 2. The van der Waals surface area contributed by atoms with E-state index in [2.05, 4.69) is 21.8 Å². The fourth-order valence-electron chi connectivity index (χ4n) is 8.19. The molecule has 45 heavy (non-hydrogen) atoms. The van der Waals surface area contributed by atoms with Gasteiger partial charge < -0.3 is 19.5 Å². The molecule has 242 valence electrons. The number of aliphatic hydroxyl groups is 1. The topological polar surface area (TPSA) is 105 Å². The molecule has 7 rings (SSSR count). The lowest BCUT2D eigenvalue weighted by Crippen LogP contribution is -2.49. The molecule has 1 spiro atoms. The van der Waals surface area contributed by atoms with Crippen molar-refractivity contribution in [1.29, 1.82) is 0 Å². The molecule has 2 aliphatic carbocycles. The Balaban J connectivity index is 1.27. The second-order valence-corrected chi connectivity index (χ2v) is 16.3. The van der Waals surface area contributed by atoms with Crippen LogP contribution in [0.5, 0.6) is 5.75 Å². The highest BCUT2D eigenvalue weighted by atomic mass is 35.5. The highest BCUT2D eigenvalue weighted by Crippen LogP contribution is 2.47. The lowest BCUT2D eigenvalue weighted by atomic mass is 9.68. The molecule has 0 unspecified atom stereocenters. The first-order valence-corrected chi connectivity index (χ1v) is 18.4. The summed E-state index contributed by atoms with van der Waals surface area (Å²) in [6.07, 6.45) is 9.55. The van der Waals surface area contributed by atoms with Crippen LogP contribution in [0.3, 0.4) is 0 Å². The van der Waals surface area contributed by atoms with Crippen molar-refractivity contribution in [2.45, 2.75) is 81.2 Å². The predicted molar refractivity (Wildman–Crippen MR) is 175 cm³/mol. The first kappa shape index (κ1) is 31.0. The monoisotopic (exact) mass is 654 g/mol. The summed E-state index contributed by atoms with van der Waals surface area (Å²) in [4.78, 5) is 16.0. The van der Waals surface area contributed by atoms with E-state index < -0.39 is 27.3 Å². The van der Waals surface area contributed by atoms with Crippen molar-refractivity contribution in [3.63, 3.8) is 0 Å². The molecule has 1 saturated heterocycles. The minimum atomic E-state index is -4.02. The number of halogens is 1. The zero-order chi connectivity index (χ0) is 31.3. The fraction of sp³-hybridized carbons (Fsp3) is 0.571. The Morgan fingerprint density at radius 1 is 1.16 bits per heavy atom. The van der Waals surface area contributed by atoms with Gasteiger partial charge in [-0.3, -0.25) is 4.79 Å². The average molecular weight is 655 g/mol. The molecular formula is C35H43ClN2O6S. The summed E-state index contributed by atoms with van der Waals surface area (Å²) in [7, 11) is -4.02. The lowest BCUT2D eigenvalue weighted by Gasteiger charge is -2.45. The smallest absolute Gasteiger partial charge is 0.264 e. The number of nitrogens with zero attached hydrogens (tertiary/aromatic N) is 1. The number of hydrogen-bond donors (Lipinski definition) is 2. The number of amides is 1. The number of sulfonamides is 1. The van der Waals surface area contributed by atoms with Gasteiger partial charge in [-0.05, 0) is 111 Å². The maximum absolute atomic E-state index is 13.7. The van der Waals surface area contributed by atoms with Crippen molar-refractivity contribution >= 4 is 33.2 Å². The Hall–Kier alpha value is -2.59. The number of allylic oxidation sites excluding steroid dienone is 1. The number of benzene rings is 2. The number of hydrogen-bond acceptors (Lipinski definition) is 7. The molecule has 10 heteroatoms. The Morgan fingerprint density at radius 2 is 2.00 bits per heavy atom. The van der Waals surface area contributed by atoms with E-state index in [0.717, 1.165) is 49.2 Å². The van der Waals surface area contributed by atoms with Crippen LogP contribution in [-0.2, 0) is 26.6 Å². The number of aliphatic hydroxyl groups excluding tert-OH is 1. The molecule has 5 aliphatic rings. The molecule has 2 bridgehead atoms. The van der Waals surface area contributed by atoms with Crippen molar-refractivity contribution in [2.24, 2.45) is 17.8 Å². The van der Waals surface area contributed by atoms with Crippen molar-refractivity contribution in [3.8, 4) is 5.75 Å². The second-order valence-electron chi connectivity index (χ2n) is 14.0. The predicted octanol–water partition coefficient (Wildman–Crippen LogP) is 5.40. The quantitative estimate of drug-likeness (QED) is 0.418. The average Bonchev–Trinajstić information content (AvgIpc) is 3.10. The van der Waals surface area contributed by atoms with Crippen LogP contribution in [0.2, 0.25) is 5.02 Å². The molecule has 1 saturated carbocycles. The summed E-state index contributed by atoms with van der Waals surface area (Å²) >= 11 is 6.41. The molecule has 0 radical (unpaired) electrons. The minimum Gasteiger partial charge on any atom is -0.490 e. The standard InChI is InChI=1S/C35H43ClN2O6S/c1-22-4-2-6-31(39)28-10-7-25(28)19-38-20-35(14-3-5-23-16-26(36)9-11-29(23)35)21-44-32-12-8-24(17-30(32)38)34(40)37-45(41,42)33(22)18-27-13-15-43-27/h2,6,8-9,11-12,16-17,22,25,27-28,31,33,39H,3-5,7,10,13-15,18-21H2,1H3,(H,37,40)/b6-2+/t22-,25+,27-,28-,31+,33-,35+/m1/s1. The van der Waals surface area contributed by atoms with Crippen LogP contribution in [-0.4, -0.2) is 63.2 Å². The molecular weight excluding hydrogens is 612 g/mol. The van der Waals surface area contributed by atoms with E-state index in [1.165, 1.54) is 11.1 Å². The van der Waals surface area contributed by atoms with Gasteiger partial charge in [-0.2, -0.15) is 0 Å². The van der Waals surface area contributed by atoms with Crippen LogP contribution < -0.4 is 14.4 Å². The van der Waals surface area contributed by atoms with Crippen molar-refractivity contribution in [1.82, 2.24) is 4.72 Å². The first-order valence-electron chi connectivity index (χ1n) is 16.4. The van der Waals surface area contributed by atoms with Crippen LogP contribution >= 0.6 is 11.6 Å². The number of carbonyl (C=O) groups excluding carboxylic acids is 1. The SMILES string of the molecule is C[C@@H]1C/C=C/[C@H](O)[C@@H]2CC[C@H]2CN2C[C@@]3(CCCc4cc(Cl)ccc43)COc3ccc(cc32)C(=O)NS(=O)(=O)[C@@H]1C[C@H]1CCO1. The van der Waals surface area contributed by atoms with Crippen LogP contribution in [0.1, 0.15) is 73.4 Å². The molecule has 1 amide bonds. The Bertz CT molecular complexity index is 1590. The highest BCUT2D eigenvalue weighted by molar-refractivity contribution is 7.90. The molecule has 7 atom stereocenters. The lowest BCUT2D eigenvalue weighted by molar-refractivity contribution is -0.0564. The van der Waals surface area contributed by atoms with Gasteiger partial charge in [0.25, 0.3) is 5.91 Å². The zero-order valence-corrected chi connectivity index (χ0v) is 27.4. The summed E-state index contributed by atoms with van der Waals surface area (Å²) in [5.41, 5.74) is 3.30. The number of carbonyl (C=O) groups is 1. The number of ether oxygens (including phenoxy) is 2. The van der Waals surface area contributed by atoms with Gasteiger partial charge in [0.05, 0.1) is 29.8 Å². The second kappa shape index (κ2) is 12.2. The third-order valence-electron chi connectivity index (χ3n) is 11.1. The van der Waals surface area contributed by atoms with E-state index in [4.69, 9.17) is 21.1 Å². The van der Waals surface area contributed by atoms with E-state index >= 15 is 0 Å². The van der Waals surface area contributed by atoms with E-state index in [9.17, 15) is 18.3 Å². The molecule has 0 aromatic heterocycles. The molecule has 3 heterocycles. The number of fused-ring (bicyclic) bond motifs is 4. The molecule has 3 aliphatic heterocycles. The zero-order valence-electron chi connectivity index (χ0n) is 25.8. The summed E-state index contributed by atoms with van der Waals surface area (Å²) in [5.74, 6) is 0.153. The summed E-state index contributed by atoms with van der Waals surface area (Å²) in [6, 6.07) is 11.4. The normalized spacial score (nSPS) is 35.0. The van der Waals surface area contributed by atoms with Crippen molar-refractivity contribution < 1.29 is 27.8 Å². The van der Waals surface area contributed by atoms with Gasteiger partial charge in [-0.25, -0.2) is 13.1 Å². The molecule has 2 aromatic rings. The van der Waals surface area contributed by atoms with Gasteiger partial charge in [0, 0.05) is 35.7 Å². The minimum absolute atomic E-state index is 0.111. The molecule has 2 fully saturated rings. The van der Waals surface area contributed by atoms with E-state index in [1.54, 1.807) is 18.2 Å². The van der Waals surface area contributed by atoms with E-state index in [-0.39, 0.29) is 34.8 Å². The van der Waals surface area contributed by atoms with Gasteiger partial charge in [0.15, 0.2) is 0 Å². The van der Waals surface area contributed by atoms with E-state index in [0.29, 0.717) is 44.9 Å². The van der Waals surface area contributed by atoms with E-state index in [1.807, 2.05) is 25.1 Å². The van der Waals surface area contributed by atoms with Crippen LogP contribution in [0.15, 0.2) is 48.6 Å². The summed E-state index contributed by atoms with van der Waals surface area (Å²) in [6.45, 7) is 4.41. The van der Waals surface area contributed by atoms with Gasteiger partial charge in [-0.1, -0.05) is 36.7 Å². The van der Waals surface area contributed by atoms with Gasteiger partial charge in [0.2, 0.25) is 10.0 Å². The maximum atomic E-state index is 13.7. The summed E-state index contributed by atoms with van der Waals surface area (Å²) in [5, 5.41) is 11.2. The van der Waals surface area contributed by atoms with Crippen LogP contribution in [0.4, 0.5) is 5.69 Å². The maximum Gasteiger partial charge on any atom is 0.264 e. The third kappa shape index (κ3) is 6.01. The Morgan fingerprint density at radius 3 is 2.76 bits per heavy atom. The van der Waals surface area contributed by atoms with Crippen LogP contribution in [0, 0.1) is 17.8 Å². The van der Waals surface area contributed by atoms with Crippen molar-refractivity contribution in [3.05, 3.63) is 70.3 Å². The first-order chi connectivity index (χ1) is 21.6. The largest absolute Gasteiger partial charge is 0.490 e. The van der Waals surface area contributed by atoms with Gasteiger partial charge in [-0.15, -0.1) is 0 Å². The summed E-state index contributed by atoms with van der Waals surface area (Å²) < 4.78 is 42.1.